The molecule has 2 atom stereocenters. The lowest BCUT2D eigenvalue weighted by atomic mass is 10.2. The van der Waals surface area contributed by atoms with Gasteiger partial charge in [0.25, 0.3) is 6.43 Å². The van der Waals surface area contributed by atoms with Gasteiger partial charge in [0.1, 0.15) is 6.61 Å². The first-order valence-electron chi connectivity index (χ1n) is 7.65. The van der Waals surface area contributed by atoms with Crippen LogP contribution < -0.4 is 5.32 Å². The van der Waals surface area contributed by atoms with Crippen LogP contribution in [0.25, 0.3) is 0 Å². The third kappa shape index (κ3) is 5.76. The van der Waals surface area contributed by atoms with E-state index in [2.05, 4.69) is 5.32 Å². The molecular formula is C16H22F2N2O3. The van der Waals surface area contributed by atoms with Crippen LogP contribution >= 0.6 is 0 Å². The Morgan fingerprint density at radius 1 is 1.43 bits per heavy atom. The van der Waals surface area contributed by atoms with Crippen molar-refractivity contribution in [1.29, 1.82) is 0 Å². The van der Waals surface area contributed by atoms with Crippen LogP contribution in [0.2, 0.25) is 0 Å². The molecule has 7 heteroatoms. The molecule has 0 aromatic heterocycles. The molecule has 1 amide bonds. The number of nitrogens with one attached hydrogen (secondary N) is 1. The number of carbonyl (C=O) groups is 1. The van der Waals surface area contributed by atoms with Crippen molar-refractivity contribution in [2.24, 2.45) is 0 Å². The van der Waals surface area contributed by atoms with Crippen LogP contribution in [0.5, 0.6) is 0 Å². The van der Waals surface area contributed by atoms with E-state index in [0.717, 1.165) is 5.56 Å². The van der Waals surface area contributed by atoms with E-state index in [4.69, 9.17) is 9.47 Å². The fourth-order valence-corrected chi connectivity index (χ4v) is 2.23. The van der Waals surface area contributed by atoms with Gasteiger partial charge in [0.15, 0.2) is 0 Å². The monoisotopic (exact) mass is 328 g/mol. The topological polar surface area (TPSA) is 50.8 Å². The standard InChI is InChI=1S/C16H22F2N2O3/c1-12(15(17)18)19-9-14-10-20(7-8-22-14)16(21)23-11-13-5-3-2-4-6-13/h2-6,12,14-15,19H,7-11H2,1H3. The van der Waals surface area contributed by atoms with E-state index in [1.807, 2.05) is 30.3 Å². The summed E-state index contributed by atoms with van der Waals surface area (Å²) in [5, 5.41) is 2.72. The molecule has 1 N–H and O–H groups in total. The van der Waals surface area contributed by atoms with Crippen molar-refractivity contribution in [2.45, 2.75) is 32.1 Å². The average Bonchev–Trinajstić information content (AvgIpc) is 2.58. The predicted octanol–water partition coefficient (Wildman–Crippen LogP) is 2.27. The number of amides is 1. The summed E-state index contributed by atoms with van der Waals surface area (Å²) >= 11 is 0. The van der Waals surface area contributed by atoms with Crippen LogP contribution in [0.15, 0.2) is 30.3 Å². The maximum Gasteiger partial charge on any atom is 0.410 e. The van der Waals surface area contributed by atoms with Gasteiger partial charge in [0.05, 0.1) is 25.3 Å². The molecule has 0 radical (unpaired) electrons. The van der Waals surface area contributed by atoms with Gasteiger partial charge >= 0.3 is 6.09 Å². The van der Waals surface area contributed by atoms with Crippen molar-refractivity contribution >= 4 is 6.09 Å². The Morgan fingerprint density at radius 2 is 2.17 bits per heavy atom. The summed E-state index contributed by atoms with van der Waals surface area (Å²) in [6.07, 6.45) is -3.15. The number of benzene rings is 1. The Morgan fingerprint density at radius 3 is 2.87 bits per heavy atom. The highest BCUT2D eigenvalue weighted by Crippen LogP contribution is 2.09. The number of carbonyl (C=O) groups excluding carboxylic acids is 1. The van der Waals surface area contributed by atoms with Crippen molar-refractivity contribution in [3.05, 3.63) is 35.9 Å². The van der Waals surface area contributed by atoms with Crippen LogP contribution in [0.1, 0.15) is 12.5 Å². The van der Waals surface area contributed by atoms with E-state index in [0.29, 0.717) is 19.7 Å². The summed E-state index contributed by atoms with van der Waals surface area (Å²) in [7, 11) is 0. The molecule has 1 aliphatic rings. The zero-order valence-corrected chi connectivity index (χ0v) is 13.1. The van der Waals surface area contributed by atoms with E-state index in [1.165, 1.54) is 6.92 Å². The predicted molar refractivity (Wildman–Crippen MR) is 81.4 cm³/mol. The highest BCUT2D eigenvalue weighted by atomic mass is 19.3. The van der Waals surface area contributed by atoms with Gasteiger partial charge in [0.2, 0.25) is 0 Å². The number of halogens is 2. The number of nitrogens with zero attached hydrogens (tertiary/aromatic N) is 1. The Hall–Kier alpha value is -1.73. The highest BCUT2D eigenvalue weighted by Gasteiger charge is 2.26. The number of hydrogen-bond donors (Lipinski definition) is 1. The molecule has 23 heavy (non-hydrogen) atoms. The Labute approximate surface area is 134 Å². The number of alkyl halides is 2. The minimum Gasteiger partial charge on any atom is -0.445 e. The molecule has 0 saturated carbocycles. The molecular weight excluding hydrogens is 306 g/mol. The van der Waals surface area contributed by atoms with Gasteiger partial charge in [0, 0.05) is 13.1 Å². The van der Waals surface area contributed by atoms with Crippen LogP contribution in [-0.4, -0.2) is 55.8 Å². The van der Waals surface area contributed by atoms with Crippen molar-refractivity contribution in [2.75, 3.05) is 26.2 Å². The maximum atomic E-state index is 12.5. The summed E-state index contributed by atoms with van der Waals surface area (Å²) in [6.45, 7) is 3.04. The van der Waals surface area contributed by atoms with Gasteiger partial charge in [-0.05, 0) is 12.5 Å². The molecule has 0 bridgehead atoms. The van der Waals surface area contributed by atoms with Crippen molar-refractivity contribution in [1.82, 2.24) is 10.2 Å². The first-order chi connectivity index (χ1) is 11.1. The summed E-state index contributed by atoms with van der Waals surface area (Å²) in [5.41, 5.74) is 0.915. The van der Waals surface area contributed by atoms with E-state index in [1.54, 1.807) is 4.90 Å². The lowest BCUT2D eigenvalue weighted by Gasteiger charge is -2.33. The second-order valence-corrected chi connectivity index (χ2v) is 5.51. The van der Waals surface area contributed by atoms with Gasteiger partial charge in [-0.3, -0.25) is 0 Å². The Balaban J connectivity index is 1.75. The van der Waals surface area contributed by atoms with Crippen LogP contribution in [0, 0.1) is 0 Å². The average molecular weight is 328 g/mol. The molecule has 1 aromatic rings. The van der Waals surface area contributed by atoms with Gasteiger partial charge < -0.3 is 19.7 Å². The van der Waals surface area contributed by atoms with Crippen molar-refractivity contribution in [3.63, 3.8) is 0 Å². The minimum absolute atomic E-state index is 0.211. The zero-order chi connectivity index (χ0) is 16.7. The number of ether oxygens (including phenoxy) is 2. The Bertz CT molecular complexity index is 487. The summed E-state index contributed by atoms with van der Waals surface area (Å²) < 4.78 is 35.7. The first-order valence-corrected chi connectivity index (χ1v) is 7.65. The van der Waals surface area contributed by atoms with Crippen LogP contribution in [0.3, 0.4) is 0 Å². The molecule has 1 fully saturated rings. The Kier molecular flexibility index (Phi) is 6.73. The number of hydrogen-bond acceptors (Lipinski definition) is 4. The molecule has 2 rings (SSSR count). The largest absolute Gasteiger partial charge is 0.445 e. The minimum atomic E-state index is -2.43. The van der Waals surface area contributed by atoms with Gasteiger partial charge in [-0.15, -0.1) is 0 Å². The SMILES string of the molecule is CC(NCC1CN(C(=O)OCc2ccccc2)CCO1)C(F)F. The van der Waals surface area contributed by atoms with E-state index in [-0.39, 0.29) is 19.3 Å². The number of morpholine rings is 1. The normalized spacial score (nSPS) is 19.7. The maximum absolute atomic E-state index is 12.5. The molecule has 1 aromatic carbocycles. The molecule has 1 aliphatic heterocycles. The summed E-state index contributed by atoms with van der Waals surface area (Å²) in [5.74, 6) is 0. The molecule has 1 saturated heterocycles. The van der Waals surface area contributed by atoms with E-state index < -0.39 is 18.6 Å². The second-order valence-electron chi connectivity index (χ2n) is 5.51. The molecule has 0 aliphatic carbocycles. The third-order valence-electron chi connectivity index (χ3n) is 3.65. The highest BCUT2D eigenvalue weighted by molar-refractivity contribution is 5.67. The second kappa shape index (κ2) is 8.79. The van der Waals surface area contributed by atoms with E-state index in [9.17, 15) is 13.6 Å². The molecule has 128 valence electrons. The fourth-order valence-electron chi connectivity index (χ4n) is 2.23. The molecule has 2 unspecified atom stereocenters. The summed E-state index contributed by atoms with van der Waals surface area (Å²) in [6, 6.07) is 8.51. The van der Waals surface area contributed by atoms with Crippen LogP contribution in [-0.2, 0) is 16.1 Å². The van der Waals surface area contributed by atoms with Gasteiger partial charge in [-0.1, -0.05) is 30.3 Å². The van der Waals surface area contributed by atoms with Crippen molar-refractivity contribution < 1.29 is 23.0 Å². The van der Waals surface area contributed by atoms with Crippen LogP contribution in [0.4, 0.5) is 13.6 Å². The first kappa shape index (κ1) is 17.6. The molecule has 1 heterocycles. The number of rotatable bonds is 6. The smallest absolute Gasteiger partial charge is 0.410 e. The molecule has 5 nitrogen and oxygen atoms in total. The molecule has 0 spiro atoms. The lowest BCUT2D eigenvalue weighted by molar-refractivity contribution is -0.0302. The van der Waals surface area contributed by atoms with E-state index >= 15 is 0 Å². The fraction of sp³-hybridized carbons (Fsp3) is 0.562. The van der Waals surface area contributed by atoms with Gasteiger partial charge in [-0.2, -0.15) is 0 Å². The lowest BCUT2D eigenvalue weighted by Crippen LogP contribution is -2.50. The quantitative estimate of drug-likeness (QED) is 0.870. The third-order valence-corrected chi connectivity index (χ3v) is 3.65. The summed E-state index contributed by atoms with van der Waals surface area (Å²) in [4.78, 5) is 13.6. The van der Waals surface area contributed by atoms with Gasteiger partial charge in [-0.25, -0.2) is 13.6 Å². The van der Waals surface area contributed by atoms with Crippen molar-refractivity contribution in [3.8, 4) is 0 Å². The zero-order valence-electron chi connectivity index (χ0n) is 13.1.